The molecule has 0 unspecified atom stereocenters. The highest BCUT2D eigenvalue weighted by Crippen LogP contribution is 2.40. The molecule has 0 spiro atoms. The SMILES string of the molecule is CCCNc1cc(NCC)nc2c(C)c(-c3ccn[nH]3)sc12. The largest absolute Gasteiger partial charge is 0.384 e. The highest BCUT2D eigenvalue weighted by atomic mass is 32.1. The monoisotopic (exact) mass is 315 g/mol. The molecule has 0 aliphatic rings. The Bertz CT molecular complexity index is 761. The summed E-state index contributed by atoms with van der Waals surface area (Å²) in [5, 5.41) is 14.0. The van der Waals surface area contributed by atoms with Crippen molar-refractivity contribution in [2.75, 3.05) is 23.7 Å². The van der Waals surface area contributed by atoms with Crippen LogP contribution in [0.3, 0.4) is 0 Å². The molecule has 0 aromatic carbocycles. The normalized spacial score (nSPS) is 11.0. The molecular weight excluding hydrogens is 294 g/mol. The number of fused-ring (bicyclic) bond motifs is 1. The van der Waals surface area contributed by atoms with Crippen molar-refractivity contribution in [2.45, 2.75) is 27.2 Å². The second kappa shape index (κ2) is 6.36. The molecule has 22 heavy (non-hydrogen) atoms. The zero-order valence-electron chi connectivity index (χ0n) is 13.2. The minimum absolute atomic E-state index is 0.863. The Balaban J connectivity index is 2.16. The van der Waals surface area contributed by atoms with Crippen LogP contribution in [0.4, 0.5) is 11.5 Å². The lowest BCUT2D eigenvalue weighted by Crippen LogP contribution is -2.04. The van der Waals surface area contributed by atoms with Gasteiger partial charge in [-0.2, -0.15) is 5.10 Å². The number of aromatic nitrogens is 3. The maximum atomic E-state index is 4.79. The van der Waals surface area contributed by atoms with E-state index in [-0.39, 0.29) is 0 Å². The average Bonchev–Trinajstić information content (AvgIpc) is 3.14. The highest BCUT2D eigenvalue weighted by Gasteiger charge is 2.16. The Morgan fingerprint density at radius 2 is 2.14 bits per heavy atom. The smallest absolute Gasteiger partial charge is 0.128 e. The van der Waals surface area contributed by atoms with E-state index < -0.39 is 0 Å². The van der Waals surface area contributed by atoms with Crippen LogP contribution in [0.15, 0.2) is 18.3 Å². The van der Waals surface area contributed by atoms with Crippen LogP contribution >= 0.6 is 11.3 Å². The van der Waals surface area contributed by atoms with Crippen LogP contribution in [0.1, 0.15) is 25.8 Å². The van der Waals surface area contributed by atoms with Gasteiger partial charge in [0.15, 0.2) is 0 Å². The first-order valence-corrected chi connectivity index (χ1v) is 8.47. The number of rotatable bonds is 6. The van der Waals surface area contributed by atoms with Crippen LogP contribution in [-0.4, -0.2) is 28.3 Å². The Labute approximate surface area is 134 Å². The number of H-pyrrole nitrogens is 1. The Morgan fingerprint density at radius 1 is 1.27 bits per heavy atom. The fourth-order valence-electron chi connectivity index (χ4n) is 2.48. The van der Waals surface area contributed by atoms with E-state index in [2.05, 4.69) is 47.7 Å². The fourth-order valence-corrected chi connectivity index (χ4v) is 3.69. The van der Waals surface area contributed by atoms with E-state index >= 15 is 0 Å². The summed E-state index contributed by atoms with van der Waals surface area (Å²) in [6.07, 6.45) is 2.88. The van der Waals surface area contributed by atoms with Gasteiger partial charge in [-0.3, -0.25) is 5.10 Å². The van der Waals surface area contributed by atoms with E-state index in [0.29, 0.717) is 0 Å². The lowest BCUT2D eigenvalue weighted by molar-refractivity contribution is 0.981. The molecule has 0 amide bonds. The standard InChI is InChI=1S/C16H21N5S/c1-4-7-18-12-9-13(17-5-2)20-14-10(3)15(22-16(12)14)11-6-8-19-21-11/h6,8-9H,4-5,7H2,1-3H3,(H,19,21)(H2,17,18,20). The molecule has 0 bridgehead atoms. The third kappa shape index (κ3) is 2.66. The summed E-state index contributed by atoms with van der Waals surface area (Å²) in [6.45, 7) is 8.21. The van der Waals surface area contributed by atoms with Crippen molar-refractivity contribution in [3.05, 3.63) is 23.9 Å². The van der Waals surface area contributed by atoms with Crippen LogP contribution in [0, 0.1) is 6.92 Å². The van der Waals surface area contributed by atoms with Crippen molar-refractivity contribution in [1.82, 2.24) is 15.2 Å². The van der Waals surface area contributed by atoms with Gasteiger partial charge in [-0.05, 0) is 31.9 Å². The summed E-state index contributed by atoms with van der Waals surface area (Å²) >= 11 is 1.76. The van der Waals surface area contributed by atoms with Gasteiger partial charge in [0, 0.05) is 25.4 Å². The molecular formula is C16H21N5S. The summed E-state index contributed by atoms with van der Waals surface area (Å²) in [6, 6.07) is 4.11. The molecule has 3 aromatic heterocycles. The molecule has 3 rings (SSSR count). The molecule has 0 saturated carbocycles. The van der Waals surface area contributed by atoms with Gasteiger partial charge in [-0.25, -0.2) is 4.98 Å². The van der Waals surface area contributed by atoms with Gasteiger partial charge in [0.25, 0.3) is 0 Å². The lowest BCUT2D eigenvalue weighted by atomic mass is 10.2. The lowest BCUT2D eigenvalue weighted by Gasteiger charge is -2.09. The second-order valence-electron chi connectivity index (χ2n) is 5.22. The molecule has 0 fully saturated rings. The van der Waals surface area contributed by atoms with E-state index in [1.165, 1.54) is 15.1 Å². The molecule has 3 aromatic rings. The van der Waals surface area contributed by atoms with Gasteiger partial charge in [0.2, 0.25) is 0 Å². The molecule has 0 aliphatic heterocycles. The third-order valence-corrected chi connectivity index (χ3v) is 4.89. The van der Waals surface area contributed by atoms with E-state index in [1.807, 2.05) is 6.07 Å². The number of aromatic amines is 1. The van der Waals surface area contributed by atoms with Gasteiger partial charge in [0.1, 0.15) is 5.82 Å². The van der Waals surface area contributed by atoms with Crippen molar-refractivity contribution < 1.29 is 0 Å². The number of anilines is 2. The number of nitrogens with zero attached hydrogens (tertiary/aromatic N) is 2. The fraction of sp³-hybridized carbons (Fsp3) is 0.375. The number of hydrogen-bond donors (Lipinski definition) is 3. The summed E-state index contributed by atoms with van der Waals surface area (Å²) in [5.41, 5.74) is 4.46. The number of nitrogens with one attached hydrogen (secondary N) is 3. The van der Waals surface area contributed by atoms with E-state index in [4.69, 9.17) is 4.98 Å². The van der Waals surface area contributed by atoms with Crippen LogP contribution in [0.2, 0.25) is 0 Å². The molecule has 0 aliphatic carbocycles. The van der Waals surface area contributed by atoms with E-state index in [0.717, 1.165) is 42.2 Å². The molecule has 3 heterocycles. The van der Waals surface area contributed by atoms with Gasteiger partial charge < -0.3 is 10.6 Å². The quantitative estimate of drug-likeness (QED) is 0.636. The topological polar surface area (TPSA) is 65.6 Å². The van der Waals surface area contributed by atoms with Crippen LogP contribution in [0.5, 0.6) is 0 Å². The minimum atomic E-state index is 0.863. The van der Waals surface area contributed by atoms with Crippen LogP contribution < -0.4 is 10.6 Å². The predicted octanol–water partition coefficient (Wildman–Crippen LogP) is 4.25. The number of pyridine rings is 1. The Morgan fingerprint density at radius 3 is 2.82 bits per heavy atom. The predicted molar refractivity (Wildman–Crippen MR) is 94.9 cm³/mol. The second-order valence-corrected chi connectivity index (χ2v) is 6.24. The summed E-state index contributed by atoms with van der Waals surface area (Å²) in [5.74, 6) is 0.922. The highest BCUT2D eigenvalue weighted by molar-refractivity contribution is 7.23. The molecule has 0 radical (unpaired) electrons. The minimum Gasteiger partial charge on any atom is -0.384 e. The van der Waals surface area contributed by atoms with Gasteiger partial charge in [0.05, 0.1) is 26.5 Å². The number of thiophene rings is 1. The molecule has 116 valence electrons. The average molecular weight is 315 g/mol. The molecule has 5 nitrogen and oxygen atoms in total. The van der Waals surface area contributed by atoms with Crippen molar-refractivity contribution in [3.63, 3.8) is 0 Å². The van der Waals surface area contributed by atoms with E-state index in [9.17, 15) is 0 Å². The van der Waals surface area contributed by atoms with Crippen molar-refractivity contribution in [1.29, 1.82) is 0 Å². The van der Waals surface area contributed by atoms with Crippen molar-refractivity contribution >= 4 is 33.1 Å². The maximum Gasteiger partial charge on any atom is 0.128 e. The number of hydrogen-bond acceptors (Lipinski definition) is 5. The Kier molecular flexibility index (Phi) is 4.29. The van der Waals surface area contributed by atoms with Crippen LogP contribution in [0.25, 0.3) is 20.8 Å². The Hall–Kier alpha value is -2.08. The maximum absolute atomic E-state index is 4.79. The first-order chi connectivity index (χ1) is 10.7. The zero-order valence-corrected chi connectivity index (χ0v) is 14.0. The molecule has 3 N–H and O–H groups in total. The van der Waals surface area contributed by atoms with Gasteiger partial charge in [-0.1, -0.05) is 6.92 Å². The molecule has 0 atom stereocenters. The van der Waals surface area contributed by atoms with Crippen molar-refractivity contribution in [3.8, 4) is 10.6 Å². The first-order valence-electron chi connectivity index (χ1n) is 7.66. The molecule has 0 saturated heterocycles. The molecule has 6 heteroatoms. The third-order valence-electron chi connectivity index (χ3n) is 3.54. The summed E-state index contributed by atoms with van der Waals surface area (Å²) < 4.78 is 1.21. The van der Waals surface area contributed by atoms with Crippen LogP contribution in [-0.2, 0) is 0 Å². The van der Waals surface area contributed by atoms with Crippen molar-refractivity contribution in [2.24, 2.45) is 0 Å². The summed E-state index contributed by atoms with van der Waals surface area (Å²) in [7, 11) is 0. The number of aryl methyl sites for hydroxylation is 1. The van der Waals surface area contributed by atoms with E-state index in [1.54, 1.807) is 17.5 Å². The van der Waals surface area contributed by atoms with Gasteiger partial charge in [-0.15, -0.1) is 11.3 Å². The first kappa shape index (κ1) is 14.8. The summed E-state index contributed by atoms with van der Waals surface area (Å²) in [4.78, 5) is 5.99. The van der Waals surface area contributed by atoms with Gasteiger partial charge >= 0.3 is 0 Å². The zero-order chi connectivity index (χ0) is 15.5.